The van der Waals surface area contributed by atoms with Gasteiger partial charge < -0.3 is 9.84 Å². The fraction of sp³-hybridized carbons (Fsp3) is 0.917. The van der Waals surface area contributed by atoms with E-state index < -0.39 is 45.4 Å². The van der Waals surface area contributed by atoms with E-state index in [1.807, 2.05) is 0 Å². The lowest BCUT2D eigenvalue weighted by atomic mass is 9.87. The van der Waals surface area contributed by atoms with Crippen LogP contribution in [-0.2, 0) is 9.53 Å². The predicted octanol–water partition coefficient (Wildman–Crippen LogP) is 3.93. The Hall–Kier alpha value is 0.430. The van der Waals surface area contributed by atoms with E-state index in [1.165, 1.54) is 13.8 Å². The number of esters is 1. The zero-order valence-electron chi connectivity index (χ0n) is 13.0. The Morgan fingerprint density at radius 1 is 1.08 bits per heavy atom. The van der Waals surface area contributed by atoms with Crippen LogP contribution in [0, 0.1) is 5.92 Å². The van der Waals surface area contributed by atoms with E-state index >= 15 is 0 Å². The number of ether oxygens (including phenoxy) is 1. The van der Waals surface area contributed by atoms with Gasteiger partial charge >= 0.3 is 18.3 Å². The minimum absolute atomic E-state index is 0.621. The van der Waals surface area contributed by atoms with Crippen LogP contribution in [0.3, 0.4) is 0 Å². The van der Waals surface area contributed by atoms with Gasteiger partial charge in [-0.15, -0.1) is 0 Å². The number of hydrogen-bond donors (Lipinski definition) is 2. The minimum atomic E-state index is -6.07. The van der Waals surface area contributed by atoms with Gasteiger partial charge in [0.1, 0.15) is 3.42 Å². The second-order valence-electron chi connectivity index (χ2n) is 5.74. The lowest BCUT2D eigenvalue weighted by Gasteiger charge is -2.41. The number of nitrogens with one attached hydrogen (secondary N) is 1. The molecule has 0 radical (unpaired) electrons. The molecule has 3 unspecified atom stereocenters. The van der Waals surface area contributed by atoms with Crippen molar-refractivity contribution in [1.29, 1.82) is 0 Å². The second kappa shape index (κ2) is 7.98. The summed E-state index contributed by atoms with van der Waals surface area (Å²) in [4.78, 5) is 12.2. The second-order valence-corrected chi connectivity index (χ2v) is 8.60. The molecule has 2 N–H and O–H groups in total. The highest BCUT2D eigenvalue weighted by Gasteiger charge is 2.76. The van der Waals surface area contributed by atoms with Crippen molar-refractivity contribution in [3.05, 3.63) is 0 Å². The van der Waals surface area contributed by atoms with Crippen LogP contribution in [-0.4, -0.2) is 44.6 Å². The van der Waals surface area contributed by atoms with Gasteiger partial charge in [0.05, 0.1) is 0 Å². The van der Waals surface area contributed by atoms with Crippen molar-refractivity contribution in [3.63, 3.8) is 0 Å². The summed E-state index contributed by atoms with van der Waals surface area (Å²) in [6.45, 7) is 4.78. The minimum Gasteiger partial charge on any atom is -0.457 e. The highest BCUT2D eigenvalue weighted by Crippen LogP contribution is 2.48. The SMILES string of the molecule is CC(C)C(OC(=O)C(C)(I)C(C)NI)C(O)(C(F)(F)F)C(F)(F)F. The van der Waals surface area contributed by atoms with E-state index in [4.69, 9.17) is 0 Å². The van der Waals surface area contributed by atoms with Gasteiger partial charge in [-0.05, 0) is 19.8 Å². The molecule has 0 spiro atoms. The summed E-state index contributed by atoms with van der Waals surface area (Å²) in [5.41, 5.74) is -5.17. The first kappa shape index (κ1) is 24.4. The first-order chi connectivity index (χ1) is 10.4. The first-order valence-corrected chi connectivity index (χ1v) is 8.72. The van der Waals surface area contributed by atoms with Crippen molar-refractivity contribution >= 4 is 51.4 Å². The predicted molar refractivity (Wildman–Crippen MR) is 90.8 cm³/mol. The Bertz CT molecular complexity index is 439. The van der Waals surface area contributed by atoms with Crippen molar-refractivity contribution in [1.82, 2.24) is 3.53 Å². The Kier molecular flexibility index (Phi) is 8.12. The summed E-state index contributed by atoms with van der Waals surface area (Å²) in [5.74, 6) is -2.75. The molecule has 0 aliphatic rings. The number of halogens is 8. The summed E-state index contributed by atoms with van der Waals surface area (Å²) in [5, 5.41) is 9.48. The third-order valence-corrected chi connectivity index (χ3v) is 5.80. The molecule has 0 aliphatic carbocycles. The van der Waals surface area contributed by atoms with Gasteiger partial charge in [0.2, 0.25) is 0 Å². The fourth-order valence-electron chi connectivity index (χ4n) is 1.70. The molecule has 0 amide bonds. The molecule has 0 aromatic heterocycles. The maximum absolute atomic E-state index is 13.0. The summed E-state index contributed by atoms with van der Waals surface area (Å²) in [6.07, 6.45) is -15.0. The van der Waals surface area contributed by atoms with E-state index in [1.54, 1.807) is 45.5 Å². The quantitative estimate of drug-likeness (QED) is 0.162. The molecule has 0 aromatic rings. The Morgan fingerprint density at radius 2 is 1.46 bits per heavy atom. The molecule has 0 rings (SSSR count). The van der Waals surface area contributed by atoms with Gasteiger partial charge in [-0.2, -0.15) is 26.3 Å². The average Bonchev–Trinajstić information content (AvgIpc) is 2.39. The third-order valence-electron chi connectivity index (χ3n) is 3.49. The van der Waals surface area contributed by atoms with Gasteiger partial charge in [-0.1, -0.05) is 36.4 Å². The van der Waals surface area contributed by atoms with E-state index in [0.29, 0.717) is 0 Å². The molecule has 12 heteroatoms. The zero-order chi connectivity index (χ0) is 19.7. The van der Waals surface area contributed by atoms with E-state index in [2.05, 4.69) is 8.27 Å². The molecular formula is C12H17F6I2NO3. The molecule has 24 heavy (non-hydrogen) atoms. The van der Waals surface area contributed by atoms with E-state index in [9.17, 15) is 36.2 Å². The maximum atomic E-state index is 13.0. The van der Waals surface area contributed by atoms with Crippen LogP contribution in [0.5, 0.6) is 0 Å². The number of hydrogen-bond acceptors (Lipinski definition) is 4. The van der Waals surface area contributed by atoms with Crippen LogP contribution < -0.4 is 3.53 Å². The first-order valence-electron chi connectivity index (χ1n) is 6.56. The fourth-order valence-corrected chi connectivity index (χ4v) is 3.20. The lowest BCUT2D eigenvalue weighted by Crippen LogP contribution is -2.67. The molecule has 0 bridgehead atoms. The number of alkyl halides is 7. The maximum Gasteiger partial charge on any atom is 0.430 e. The molecule has 0 heterocycles. The smallest absolute Gasteiger partial charge is 0.430 e. The standard InChI is InChI=1S/C12H17F6I2NO3/c1-5(2)7(10(23,11(13,14)15)12(16,17)18)24-8(22)9(4,19)6(3)21-20/h5-7,21,23H,1-4H3. The highest BCUT2D eigenvalue weighted by atomic mass is 127. The molecule has 0 saturated heterocycles. The average molecular weight is 591 g/mol. The highest BCUT2D eigenvalue weighted by molar-refractivity contribution is 14.1. The van der Waals surface area contributed by atoms with E-state index in [-0.39, 0.29) is 0 Å². The van der Waals surface area contributed by atoms with Gasteiger partial charge in [0.15, 0.2) is 6.10 Å². The summed E-state index contributed by atoms with van der Waals surface area (Å²) >= 11 is 3.26. The monoisotopic (exact) mass is 591 g/mol. The van der Waals surface area contributed by atoms with Crippen molar-refractivity contribution in [3.8, 4) is 0 Å². The molecule has 0 fully saturated rings. The number of carbonyl (C=O) groups excluding carboxylic acids is 1. The van der Waals surface area contributed by atoms with E-state index in [0.717, 1.165) is 13.8 Å². The molecule has 0 saturated carbocycles. The Morgan fingerprint density at radius 3 is 1.71 bits per heavy atom. The van der Waals surface area contributed by atoms with Crippen LogP contribution in [0.1, 0.15) is 27.7 Å². The lowest BCUT2D eigenvalue weighted by molar-refractivity contribution is -0.395. The van der Waals surface area contributed by atoms with Gasteiger partial charge in [-0.25, -0.2) is 0 Å². The van der Waals surface area contributed by atoms with Gasteiger partial charge in [0, 0.05) is 28.9 Å². The largest absolute Gasteiger partial charge is 0.457 e. The van der Waals surface area contributed by atoms with Gasteiger partial charge in [0.25, 0.3) is 5.60 Å². The molecule has 0 aliphatic heterocycles. The van der Waals surface area contributed by atoms with Gasteiger partial charge in [-0.3, -0.25) is 8.32 Å². The molecule has 4 nitrogen and oxygen atoms in total. The number of rotatable bonds is 6. The Balaban J connectivity index is 5.94. The van der Waals surface area contributed by atoms with Crippen LogP contribution >= 0.6 is 45.5 Å². The zero-order valence-corrected chi connectivity index (χ0v) is 17.3. The van der Waals surface area contributed by atoms with Crippen molar-refractivity contribution in [2.24, 2.45) is 5.92 Å². The molecular weight excluding hydrogens is 574 g/mol. The van der Waals surface area contributed by atoms with Crippen LogP contribution in [0.25, 0.3) is 0 Å². The summed E-state index contributed by atoms with van der Waals surface area (Å²) in [6, 6.07) is -0.621. The normalized spacial score (nSPS) is 18.9. The van der Waals surface area contributed by atoms with Crippen LogP contribution in [0.15, 0.2) is 0 Å². The number of aliphatic hydroxyl groups is 1. The topological polar surface area (TPSA) is 58.6 Å². The van der Waals surface area contributed by atoms with Crippen molar-refractivity contribution in [2.75, 3.05) is 0 Å². The Labute approximate surface area is 162 Å². The van der Waals surface area contributed by atoms with Crippen LogP contribution in [0.2, 0.25) is 0 Å². The molecule has 144 valence electrons. The van der Waals surface area contributed by atoms with Crippen LogP contribution in [0.4, 0.5) is 26.3 Å². The molecule has 3 atom stereocenters. The summed E-state index contributed by atoms with van der Waals surface area (Å²) in [7, 11) is 0. The van der Waals surface area contributed by atoms with Crippen molar-refractivity contribution < 1.29 is 41.0 Å². The summed E-state index contributed by atoms with van der Waals surface area (Å²) < 4.78 is 83.8. The van der Waals surface area contributed by atoms with Crippen molar-refractivity contribution in [2.45, 2.75) is 61.2 Å². The molecule has 0 aromatic carbocycles. The number of carbonyl (C=O) groups is 1. The third kappa shape index (κ3) is 4.78.